The number of hydrogen-bond acceptors (Lipinski definition) is 4. The Morgan fingerprint density at radius 2 is 2.38 bits per heavy atom. The highest BCUT2D eigenvalue weighted by molar-refractivity contribution is 14.0. The van der Waals surface area contributed by atoms with E-state index in [4.69, 9.17) is 0 Å². The molecule has 0 radical (unpaired) electrons. The van der Waals surface area contributed by atoms with E-state index in [1.807, 2.05) is 18.7 Å². The predicted molar refractivity (Wildman–Crippen MR) is 75.1 cm³/mol. The quantitative estimate of drug-likeness (QED) is 0.786. The molecule has 1 aliphatic rings. The van der Waals surface area contributed by atoms with Gasteiger partial charge in [0.1, 0.15) is 0 Å². The van der Waals surface area contributed by atoms with Crippen molar-refractivity contribution in [1.82, 2.24) is 20.4 Å². The molecule has 90 valence electrons. The Morgan fingerprint density at radius 3 is 2.94 bits per heavy atom. The fourth-order valence-corrected chi connectivity index (χ4v) is 1.65. The summed E-state index contributed by atoms with van der Waals surface area (Å²) in [5.74, 6) is 0.903. The summed E-state index contributed by atoms with van der Waals surface area (Å²) in [6.45, 7) is 4.69. The van der Waals surface area contributed by atoms with E-state index in [9.17, 15) is 0 Å². The number of rotatable bonds is 2. The molecule has 2 heterocycles. The molecule has 1 aromatic rings. The van der Waals surface area contributed by atoms with Crippen LogP contribution in [0.3, 0.4) is 0 Å². The number of halogens is 1. The van der Waals surface area contributed by atoms with E-state index in [0.29, 0.717) is 0 Å². The lowest BCUT2D eigenvalue weighted by Crippen LogP contribution is -2.40. The van der Waals surface area contributed by atoms with E-state index in [1.165, 1.54) is 5.69 Å². The number of hydrogen-bond donors (Lipinski definition) is 2. The van der Waals surface area contributed by atoms with E-state index in [1.54, 1.807) is 0 Å². The maximum absolute atomic E-state index is 4.35. The molecular weight excluding hydrogens is 317 g/mol. The Bertz CT molecular complexity index is 371. The zero-order chi connectivity index (χ0) is 10.7. The van der Waals surface area contributed by atoms with Gasteiger partial charge in [-0.25, -0.2) is 0 Å². The zero-order valence-electron chi connectivity index (χ0n) is 9.66. The van der Waals surface area contributed by atoms with Gasteiger partial charge < -0.3 is 10.6 Å². The maximum atomic E-state index is 4.35. The van der Waals surface area contributed by atoms with Crippen molar-refractivity contribution in [3.63, 3.8) is 0 Å². The van der Waals surface area contributed by atoms with Gasteiger partial charge in [-0.15, -0.1) is 24.0 Å². The predicted octanol–water partition coefficient (Wildman–Crippen LogP) is 0.785. The van der Waals surface area contributed by atoms with Crippen LogP contribution in [-0.2, 0) is 13.6 Å². The standard InChI is InChI=1S/C10H17N5.HI/c1-8-6-9(15(2)14-8)7-13-10-11-4-3-5-12-10;/h6H,3-5,7H2,1-2H3,(H2,11,12,13);1H. The van der Waals surface area contributed by atoms with Gasteiger partial charge in [0.05, 0.1) is 17.9 Å². The van der Waals surface area contributed by atoms with Gasteiger partial charge in [0, 0.05) is 20.1 Å². The number of nitrogens with one attached hydrogen (secondary N) is 2. The number of guanidine groups is 1. The van der Waals surface area contributed by atoms with Crippen LogP contribution >= 0.6 is 24.0 Å². The average molecular weight is 335 g/mol. The minimum absolute atomic E-state index is 0. The highest BCUT2D eigenvalue weighted by Gasteiger charge is 2.05. The highest BCUT2D eigenvalue weighted by Crippen LogP contribution is 2.01. The minimum atomic E-state index is 0. The topological polar surface area (TPSA) is 54.2 Å². The second-order valence-electron chi connectivity index (χ2n) is 3.76. The van der Waals surface area contributed by atoms with Crippen LogP contribution in [0, 0.1) is 6.92 Å². The van der Waals surface area contributed by atoms with E-state index in [2.05, 4.69) is 26.8 Å². The molecule has 0 fully saturated rings. The van der Waals surface area contributed by atoms with Crippen LogP contribution in [0.25, 0.3) is 0 Å². The molecule has 0 aromatic carbocycles. The third kappa shape index (κ3) is 3.36. The summed E-state index contributed by atoms with van der Waals surface area (Å²) in [5, 5.41) is 10.8. The Balaban J connectivity index is 0.00000128. The zero-order valence-corrected chi connectivity index (χ0v) is 12.0. The molecule has 2 rings (SSSR count). The minimum Gasteiger partial charge on any atom is -0.356 e. The van der Waals surface area contributed by atoms with Gasteiger partial charge in [-0.05, 0) is 19.4 Å². The first-order chi connectivity index (χ1) is 7.25. The summed E-state index contributed by atoms with van der Waals surface area (Å²) in [5.41, 5.74) is 2.22. The van der Waals surface area contributed by atoms with Crippen LogP contribution < -0.4 is 10.6 Å². The molecule has 16 heavy (non-hydrogen) atoms. The molecule has 0 saturated heterocycles. The van der Waals surface area contributed by atoms with Crippen molar-refractivity contribution in [3.8, 4) is 0 Å². The molecule has 1 aromatic heterocycles. The average Bonchev–Trinajstić information content (AvgIpc) is 2.56. The summed E-state index contributed by atoms with van der Waals surface area (Å²) in [7, 11) is 1.96. The number of aliphatic imine (C=N–C) groups is 1. The Hall–Kier alpha value is -0.790. The van der Waals surface area contributed by atoms with Gasteiger partial charge in [0.15, 0.2) is 5.96 Å². The molecule has 0 bridgehead atoms. The molecule has 0 unspecified atom stereocenters. The van der Waals surface area contributed by atoms with Crippen molar-refractivity contribution < 1.29 is 0 Å². The van der Waals surface area contributed by atoms with Gasteiger partial charge >= 0.3 is 0 Å². The van der Waals surface area contributed by atoms with E-state index in [0.717, 1.165) is 37.7 Å². The van der Waals surface area contributed by atoms with Gasteiger partial charge in [0.25, 0.3) is 0 Å². The molecule has 0 saturated carbocycles. The molecule has 0 aliphatic carbocycles. The largest absolute Gasteiger partial charge is 0.356 e. The summed E-state index contributed by atoms with van der Waals surface area (Å²) < 4.78 is 1.89. The second kappa shape index (κ2) is 6.07. The van der Waals surface area contributed by atoms with Gasteiger partial charge in [-0.2, -0.15) is 5.10 Å². The Labute approximate surface area is 113 Å². The molecular formula is C10H18IN5. The number of aryl methyl sites for hydroxylation is 2. The van der Waals surface area contributed by atoms with E-state index in [-0.39, 0.29) is 24.0 Å². The van der Waals surface area contributed by atoms with E-state index >= 15 is 0 Å². The molecule has 6 heteroatoms. The summed E-state index contributed by atoms with van der Waals surface area (Å²) in [6, 6.07) is 2.08. The van der Waals surface area contributed by atoms with Gasteiger partial charge in [-0.3, -0.25) is 9.67 Å². The van der Waals surface area contributed by atoms with Crippen molar-refractivity contribution in [2.75, 3.05) is 13.1 Å². The first-order valence-electron chi connectivity index (χ1n) is 5.27. The molecule has 0 spiro atoms. The first-order valence-corrected chi connectivity index (χ1v) is 5.27. The van der Waals surface area contributed by atoms with Gasteiger partial charge in [-0.1, -0.05) is 0 Å². The lowest BCUT2D eigenvalue weighted by atomic mass is 10.3. The third-order valence-corrected chi connectivity index (χ3v) is 2.43. The van der Waals surface area contributed by atoms with Crippen molar-refractivity contribution >= 4 is 29.9 Å². The summed E-state index contributed by atoms with van der Waals surface area (Å²) >= 11 is 0. The fourth-order valence-electron chi connectivity index (χ4n) is 1.65. The fraction of sp³-hybridized carbons (Fsp3) is 0.600. The molecule has 2 N–H and O–H groups in total. The highest BCUT2D eigenvalue weighted by atomic mass is 127. The van der Waals surface area contributed by atoms with Crippen molar-refractivity contribution in [2.24, 2.45) is 12.0 Å². The number of aromatic nitrogens is 2. The maximum Gasteiger partial charge on any atom is 0.191 e. The molecule has 5 nitrogen and oxygen atoms in total. The lowest BCUT2D eigenvalue weighted by Gasteiger charge is -2.15. The third-order valence-electron chi connectivity index (χ3n) is 2.43. The summed E-state index contributed by atoms with van der Waals surface area (Å²) in [6.07, 6.45) is 1.12. The normalized spacial score (nSPS) is 14.8. The molecule has 0 atom stereocenters. The SMILES string of the molecule is Cc1cc(CNC2=NCCCN2)n(C)n1.I. The molecule has 0 amide bonds. The van der Waals surface area contributed by atoms with Crippen molar-refractivity contribution in [1.29, 1.82) is 0 Å². The van der Waals surface area contributed by atoms with Crippen LogP contribution in [0.4, 0.5) is 0 Å². The summed E-state index contributed by atoms with van der Waals surface area (Å²) in [4.78, 5) is 4.35. The van der Waals surface area contributed by atoms with Crippen LogP contribution in [-0.4, -0.2) is 28.8 Å². The van der Waals surface area contributed by atoms with Crippen LogP contribution in [0.5, 0.6) is 0 Å². The van der Waals surface area contributed by atoms with Crippen molar-refractivity contribution in [2.45, 2.75) is 19.9 Å². The lowest BCUT2D eigenvalue weighted by molar-refractivity contribution is 0.662. The van der Waals surface area contributed by atoms with Gasteiger partial charge in [0.2, 0.25) is 0 Å². The van der Waals surface area contributed by atoms with E-state index < -0.39 is 0 Å². The Morgan fingerprint density at radius 1 is 1.56 bits per heavy atom. The Kier molecular flexibility index (Phi) is 5.04. The number of nitrogens with zero attached hydrogens (tertiary/aromatic N) is 3. The first kappa shape index (κ1) is 13.3. The smallest absolute Gasteiger partial charge is 0.191 e. The monoisotopic (exact) mass is 335 g/mol. The van der Waals surface area contributed by atoms with Crippen LogP contribution in [0.2, 0.25) is 0 Å². The van der Waals surface area contributed by atoms with Crippen LogP contribution in [0.1, 0.15) is 17.8 Å². The second-order valence-corrected chi connectivity index (χ2v) is 3.76. The van der Waals surface area contributed by atoms with Crippen LogP contribution in [0.15, 0.2) is 11.1 Å². The molecule has 1 aliphatic heterocycles. The van der Waals surface area contributed by atoms with Crippen molar-refractivity contribution in [3.05, 3.63) is 17.5 Å².